The Kier molecular flexibility index (Phi) is 3.56. The number of halogens is 2. The van der Waals surface area contributed by atoms with Gasteiger partial charge in [-0.2, -0.15) is 0 Å². The molecule has 2 nitrogen and oxygen atoms in total. The number of benzene rings is 2. The van der Waals surface area contributed by atoms with Gasteiger partial charge in [0, 0.05) is 25.2 Å². The van der Waals surface area contributed by atoms with Gasteiger partial charge in [-0.05, 0) is 47.2 Å². The second kappa shape index (κ2) is 5.22. The van der Waals surface area contributed by atoms with Gasteiger partial charge in [-0.25, -0.2) is 4.98 Å². The van der Waals surface area contributed by atoms with Gasteiger partial charge < -0.3 is 5.73 Å². The number of nitrogens with two attached hydrogens (primary N) is 1. The van der Waals surface area contributed by atoms with Crippen LogP contribution in [0.4, 0.5) is 5.69 Å². The summed E-state index contributed by atoms with van der Waals surface area (Å²) in [6.07, 6.45) is 0. The van der Waals surface area contributed by atoms with E-state index >= 15 is 0 Å². The van der Waals surface area contributed by atoms with Crippen LogP contribution >= 0.6 is 34.2 Å². The Labute approximate surface area is 136 Å². The van der Waals surface area contributed by atoms with E-state index in [2.05, 4.69) is 22.6 Å². The number of anilines is 1. The van der Waals surface area contributed by atoms with Crippen LogP contribution in [-0.2, 0) is 0 Å². The van der Waals surface area contributed by atoms with E-state index < -0.39 is 0 Å². The summed E-state index contributed by atoms with van der Waals surface area (Å²) < 4.78 is 1.01. The second-order valence-electron chi connectivity index (χ2n) is 4.65. The maximum Gasteiger partial charge on any atom is 0.0864 e. The lowest BCUT2D eigenvalue weighted by Crippen LogP contribution is -1.99. The molecule has 0 saturated heterocycles. The zero-order valence-electron chi connectivity index (χ0n) is 10.8. The largest absolute Gasteiger partial charge is 0.398 e. The van der Waals surface area contributed by atoms with E-state index in [9.17, 15) is 0 Å². The van der Waals surface area contributed by atoms with Gasteiger partial charge in [-0.3, -0.25) is 0 Å². The fourth-order valence-electron chi connectivity index (χ4n) is 2.29. The lowest BCUT2D eigenvalue weighted by Gasteiger charge is -2.13. The minimum absolute atomic E-state index is 0.683. The Morgan fingerprint density at radius 3 is 2.55 bits per heavy atom. The van der Waals surface area contributed by atoms with Gasteiger partial charge in [0.25, 0.3) is 0 Å². The molecule has 0 unspecified atom stereocenters. The van der Waals surface area contributed by atoms with E-state index in [1.165, 1.54) is 0 Å². The average molecular weight is 395 g/mol. The molecular formula is C16H12ClIN2. The third-order valence-corrected chi connectivity index (χ3v) is 4.39. The zero-order chi connectivity index (χ0) is 14.3. The molecule has 0 aliphatic carbocycles. The molecule has 0 saturated carbocycles. The molecule has 3 rings (SSSR count). The Balaban J connectivity index is 2.39. The van der Waals surface area contributed by atoms with Gasteiger partial charge in [-0.1, -0.05) is 41.9 Å². The molecule has 0 spiro atoms. The second-order valence-corrected chi connectivity index (χ2v) is 6.25. The first-order valence-corrected chi connectivity index (χ1v) is 7.64. The summed E-state index contributed by atoms with van der Waals surface area (Å²) in [6, 6.07) is 13.9. The van der Waals surface area contributed by atoms with Crippen LogP contribution in [0.2, 0.25) is 5.02 Å². The maximum absolute atomic E-state index is 6.29. The van der Waals surface area contributed by atoms with Crippen molar-refractivity contribution in [3.63, 3.8) is 0 Å². The van der Waals surface area contributed by atoms with Crippen LogP contribution < -0.4 is 5.73 Å². The highest BCUT2D eigenvalue weighted by Gasteiger charge is 2.13. The maximum atomic E-state index is 6.29. The highest BCUT2D eigenvalue weighted by molar-refractivity contribution is 14.1. The van der Waals surface area contributed by atoms with Crippen molar-refractivity contribution in [2.24, 2.45) is 0 Å². The van der Waals surface area contributed by atoms with Crippen molar-refractivity contribution in [3.05, 3.63) is 56.6 Å². The van der Waals surface area contributed by atoms with E-state index in [0.717, 1.165) is 37.0 Å². The van der Waals surface area contributed by atoms with Gasteiger partial charge in [-0.15, -0.1) is 0 Å². The van der Waals surface area contributed by atoms with E-state index in [1.54, 1.807) is 0 Å². The average Bonchev–Trinajstić information content (AvgIpc) is 2.44. The van der Waals surface area contributed by atoms with Crippen molar-refractivity contribution < 1.29 is 0 Å². The molecule has 0 fully saturated rings. The van der Waals surface area contributed by atoms with E-state index in [-0.39, 0.29) is 0 Å². The first-order chi connectivity index (χ1) is 9.58. The summed E-state index contributed by atoms with van der Waals surface area (Å²) in [4.78, 5) is 4.80. The zero-order valence-corrected chi connectivity index (χ0v) is 13.7. The fourth-order valence-corrected chi connectivity index (χ4v) is 3.44. The molecule has 20 heavy (non-hydrogen) atoms. The smallest absolute Gasteiger partial charge is 0.0864 e. The minimum atomic E-state index is 0.683. The van der Waals surface area contributed by atoms with Crippen molar-refractivity contribution in [3.8, 4) is 11.3 Å². The van der Waals surface area contributed by atoms with Gasteiger partial charge in [0.05, 0.1) is 11.2 Å². The molecule has 2 N–H and O–H groups in total. The molecule has 100 valence electrons. The summed E-state index contributed by atoms with van der Waals surface area (Å²) >= 11 is 8.36. The molecule has 0 aliphatic heterocycles. The summed E-state index contributed by atoms with van der Waals surface area (Å²) in [7, 11) is 0. The van der Waals surface area contributed by atoms with Crippen LogP contribution in [0.15, 0.2) is 42.5 Å². The molecule has 0 bridgehead atoms. The number of nitrogen functional groups attached to an aromatic ring is 1. The van der Waals surface area contributed by atoms with Crippen molar-refractivity contribution >= 4 is 50.8 Å². The lowest BCUT2D eigenvalue weighted by molar-refractivity contribution is 1.32. The monoisotopic (exact) mass is 394 g/mol. The lowest BCUT2D eigenvalue weighted by atomic mass is 10.0. The standard InChI is InChI=1S/C16H12ClIN2/c1-9-14(19)12-7-11(17)8-13(18)16(12)20-15(9)10-5-3-2-4-6-10/h2-8H,1H3,(H2,19,20). The van der Waals surface area contributed by atoms with Gasteiger partial charge in [0.15, 0.2) is 0 Å². The normalized spacial score (nSPS) is 10.9. The number of hydrogen-bond acceptors (Lipinski definition) is 2. The van der Waals surface area contributed by atoms with E-state index in [4.69, 9.17) is 22.3 Å². The Bertz CT molecular complexity index is 801. The molecule has 1 heterocycles. The third-order valence-electron chi connectivity index (χ3n) is 3.35. The number of hydrogen-bond donors (Lipinski definition) is 1. The molecule has 4 heteroatoms. The van der Waals surface area contributed by atoms with E-state index in [0.29, 0.717) is 5.02 Å². The predicted molar refractivity (Wildman–Crippen MR) is 94.1 cm³/mol. The third kappa shape index (κ3) is 2.25. The van der Waals surface area contributed by atoms with Crippen LogP contribution in [0.3, 0.4) is 0 Å². The fraction of sp³-hybridized carbons (Fsp3) is 0.0625. The quantitative estimate of drug-likeness (QED) is 0.587. The number of pyridine rings is 1. The first kappa shape index (κ1) is 13.6. The summed E-state index contributed by atoms with van der Waals surface area (Å²) in [5.74, 6) is 0. The molecule has 0 atom stereocenters. The van der Waals surface area contributed by atoms with E-state index in [1.807, 2.05) is 49.4 Å². The minimum Gasteiger partial charge on any atom is -0.398 e. The molecule has 0 amide bonds. The van der Waals surface area contributed by atoms with Crippen molar-refractivity contribution in [2.75, 3.05) is 5.73 Å². The van der Waals surface area contributed by atoms with Gasteiger partial charge in [0.1, 0.15) is 0 Å². The summed E-state index contributed by atoms with van der Waals surface area (Å²) in [6.45, 7) is 2.00. The Morgan fingerprint density at radius 1 is 1.15 bits per heavy atom. The molecule has 2 aromatic carbocycles. The summed E-state index contributed by atoms with van der Waals surface area (Å²) in [5, 5.41) is 1.60. The molecule has 0 aliphatic rings. The number of rotatable bonds is 1. The molecule has 3 aromatic rings. The molecular weight excluding hydrogens is 383 g/mol. The topological polar surface area (TPSA) is 38.9 Å². The SMILES string of the molecule is Cc1c(-c2ccccc2)nc2c(I)cc(Cl)cc2c1N. The predicted octanol–water partition coefficient (Wildman–Crippen LogP) is 5.05. The van der Waals surface area contributed by atoms with Crippen LogP contribution in [0.5, 0.6) is 0 Å². The first-order valence-electron chi connectivity index (χ1n) is 6.18. The van der Waals surface area contributed by atoms with Crippen molar-refractivity contribution in [2.45, 2.75) is 6.92 Å². The number of fused-ring (bicyclic) bond motifs is 1. The van der Waals surface area contributed by atoms with Crippen molar-refractivity contribution in [1.82, 2.24) is 4.98 Å². The van der Waals surface area contributed by atoms with Crippen molar-refractivity contribution in [1.29, 1.82) is 0 Å². The van der Waals surface area contributed by atoms with Crippen LogP contribution in [0.25, 0.3) is 22.2 Å². The van der Waals surface area contributed by atoms with Crippen LogP contribution in [0.1, 0.15) is 5.56 Å². The summed E-state index contributed by atoms with van der Waals surface area (Å²) in [5.41, 5.74) is 10.9. The Hall–Kier alpha value is -1.33. The van der Waals surface area contributed by atoms with Gasteiger partial charge >= 0.3 is 0 Å². The highest BCUT2D eigenvalue weighted by Crippen LogP contribution is 2.34. The molecule has 0 radical (unpaired) electrons. The van der Waals surface area contributed by atoms with Crippen LogP contribution in [-0.4, -0.2) is 4.98 Å². The molecule has 1 aromatic heterocycles. The van der Waals surface area contributed by atoms with Crippen LogP contribution in [0, 0.1) is 10.5 Å². The number of aromatic nitrogens is 1. The Morgan fingerprint density at radius 2 is 1.85 bits per heavy atom. The van der Waals surface area contributed by atoms with Gasteiger partial charge in [0.2, 0.25) is 0 Å². The highest BCUT2D eigenvalue weighted by atomic mass is 127. The number of nitrogens with zero attached hydrogens (tertiary/aromatic N) is 1.